The summed E-state index contributed by atoms with van der Waals surface area (Å²) in [6, 6.07) is -0.620. The number of rotatable bonds is 58. The lowest BCUT2D eigenvalue weighted by Crippen LogP contribution is -2.45. The number of hydrogen-bond donors (Lipinski definition) is 3. The number of unbranched alkanes of at least 4 members (excludes halogenated alkanes) is 49. The van der Waals surface area contributed by atoms with Gasteiger partial charge in [-0.05, 0) is 44.9 Å². The van der Waals surface area contributed by atoms with E-state index in [-0.39, 0.29) is 12.5 Å². The van der Waals surface area contributed by atoms with Gasteiger partial charge < -0.3 is 15.5 Å². The minimum Gasteiger partial charge on any atom is -0.394 e. The Morgan fingerprint density at radius 2 is 0.567 bits per heavy atom. The molecular formula is C63H123NO3. The number of aliphatic hydroxyl groups is 2. The zero-order chi connectivity index (χ0) is 48.5. The first-order chi connectivity index (χ1) is 33.2. The molecule has 2 unspecified atom stereocenters. The van der Waals surface area contributed by atoms with Gasteiger partial charge in [-0.15, -0.1) is 0 Å². The zero-order valence-corrected chi connectivity index (χ0v) is 46.0. The van der Waals surface area contributed by atoms with Crippen molar-refractivity contribution in [2.75, 3.05) is 6.61 Å². The Balaban J connectivity index is 3.38. The van der Waals surface area contributed by atoms with Crippen molar-refractivity contribution in [2.45, 2.75) is 366 Å². The van der Waals surface area contributed by atoms with Crippen LogP contribution in [-0.2, 0) is 4.79 Å². The van der Waals surface area contributed by atoms with Gasteiger partial charge in [-0.25, -0.2) is 0 Å². The summed E-state index contributed by atoms with van der Waals surface area (Å²) in [5.74, 6) is -0.0577. The summed E-state index contributed by atoms with van der Waals surface area (Å²) in [7, 11) is 0. The third-order valence-corrected chi connectivity index (χ3v) is 14.7. The standard InChI is InChI=1S/C63H123NO3/c1-3-5-7-9-11-13-15-17-19-21-22-23-24-25-26-27-28-29-30-31-32-33-34-35-36-37-38-39-40-41-42-43-45-47-49-51-53-55-57-59-63(67)64-61(60-65)62(66)58-56-54-52-50-48-46-44-20-18-16-14-12-10-8-6-4-2/h31-32,56,58,61-62,65-66H,3-30,33-55,57,59-60H2,1-2H3,(H,64,67)/b32-31-,58-56+. The van der Waals surface area contributed by atoms with Gasteiger partial charge in [0.05, 0.1) is 18.8 Å². The van der Waals surface area contributed by atoms with Gasteiger partial charge in [0.15, 0.2) is 0 Å². The fourth-order valence-electron chi connectivity index (χ4n) is 9.94. The van der Waals surface area contributed by atoms with Crippen molar-refractivity contribution in [2.24, 2.45) is 0 Å². The van der Waals surface area contributed by atoms with Crippen LogP contribution in [-0.4, -0.2) is 34.9 Å². The quantitative estimate of drug-likeness (QED) is 0.0420. The Morgan fingerprint density at radius 3 is 0.821 bits per heavy atom. The van der Waals surface area contributed by atoms with Crippen LogP contribution >= 0.6 is 0 Å². The molecule has 0 aromatic heterocycles. The number of carbonyl (C=O) groups excluding carboxylic acids is 1. The molecule has 0 aliphatic rings. The molecular weight excluding hydrogens is 819 g/mol. The van der Waals surface area contributed by atoms with Crippen molar-refractivity contribution in [1.29, 1.82) is 0 Å². The zero-order valence-electron chi connectivity index (χ0n) is 46.0. The SMILES string of the molecule is CCCCCCCCCCCCCCCC/C=C/C(O)C(CO)NC(=O)CCCCCCCCCCCCCCCCCCC/C=C\CCCCCCCCCCCCCCCCCCCC. The van der Waals surface area contributed by atoms with E-state index in [1.807, 2.05) is 6.08 Å². The highest BCUT2D eigenvalue weighted by Gasteiger charge is 2.18. The van der Waals surface area contributed by atoms with E-state index in [0.29, 0.717) is 6.42 Å². The number of amides is 1. The van der Waals surface area contributed by atoms with Gasteiger partial charge >= 0.3 is 0 Å². The van der Waals surface area contributed by atoms with E-state index >= 15 is 0 Å². The molecule has 398 valence electrons. The smallest absolute Gasteiger partial charge is 0.220 e. The van der Waals surface area contributed by atoms with Crippen molar-refractivity contribution in [3.05, 3.63) is 24.3 Å². The summed E-state index contributed by atoms with van der Waals surface area (Å²) >= 11 is 0. The average molecular weight is 943 g/mol. The van der Waals surface area contributed by atoms with E-state index in [9.17, 15) is 15.0 Å². The molecule has 0 aliphatic heterocycles. The fraction of sp³-hybridized carbons (Fsp3) is 0.921. The van der Waals surface area contributed by atoms with E-state index in [1.165, 1.54) is 308 Å². The lowest BCUT2D eigenvalue weighted by Gasteiger charge is -2.20. The van der Waals surface area contributed by atoms with Gasteiger partial charge in [-0.3, -0.25) is 4.79 Å². The molecule has 2 atom stereocenters. The van der Waals surface area contributed by atoms with Crippen LogP contribution in [0.15, 0.2) is 24.3 Å². The molecule has 0 heterocycles. The highest BCUT2D eigenvalue weighted by atomic mass is 16.3. The van der Waals surface area contributed by atoms with Crippen LogP contribution in [0.3, 0.4) is 0 Å². The third-order valence-electron chi connectivity index (χ3n) is 14.7. The summed E-state index contributed by atoms with van der Waals surface area (Å²) in [6.45, 7) is 4.35. The third kappa shape index (κ3) is 55.7. The van der Waals surface area contributed by atoms with Gasteiger partial charge in [-0.2, -0.15) is 0 Å². The lowest BCUT2D eigenvalue weighted by atomic mass is 10.0. The van der Waals surface area contributed by atoms with Crippen LogP contribution in [0.2, 0.25) is 0 Å². The van der Waals surface area contributed by atoms with Crippen molar-refractivity contribution in [3.63, 3.8) is 0 Å². The Kier molecular flexibility index (Phi) is 58.2. The molecule has 0 rings (SSSR count). The Hall–Kier alpha value is -1.13. The van der Waals surface area contributed by atoms with Gasteiger partial charge in [-0.1, -0.05) is 327 Å². The molecule has 0 aliphatic carbocycles. The lowest BCUT2D eigenvalue weighted by molar-refractivity contribution is -0.123. The highest BCUT2D eigenvalue weighted by molar-refractivity contribution is 5.76. The number of allylic oxidation sites excluding steroid dienone is 3. The normalized spacial score (nSPS) is 12.8. The molecule has 0 aromatic rings. The van der Waals surface area contributed by atoms with Crippen LogP contribution in [0.4, 0.5) is 0 Å². The topological polar surface area (TPSA) is 69.6 Å². The molecule has 67 heavy (non-hydrogen) atoms. The van der Waals surface area contributed by atoms with Crippen LogP contribution in [0.1, 0.15) is 354 Å². The summed E-state index contributed by atoms with van der Waals surface area (Å²) < 4.78 is 0. The summed E-state index contributed by atoms with van der Waals surface area (Å²) in [6.07, 6.45) is 79.5. The van der Waals surface area contributed by atoms with E-state index in [2.05, 4.69) is 31.3 Å². The predicted octanol–water partition coefficient (Wildman–Crippen LogP) is 20.7. The second-order valence-electron chi connectivity index (χ2n) is 21.5. The first-order valence-electron chi connectivity index (χ1n) is 31.1. The minimum atomic E-state index is -0.837. The summed E-state index contributed by atoms with van der Waals surface area (Å²) in [5, 5.41) is 23.2. The summed E-state index contributed by atoms with van der Waals surface area (Å²) in [5.41, 5.74) is 0. The monoisotopic (exact) mass is 942 g/mol. The van der Waals surface area contributed by atoms with Crippen LogP contribution in [0.25, 0.3) is 0 Å². The van der Waals surface area contributed by atoms with Gasteiger partial charge in [0.25, 0.3) is 0 Å². The number of aliphatic hydroxyl groups excluding tert-OH is 2. The molecule has 0 saturated heterocycles. The van der Waals surface area contributed by atoms with Crippen molar-refractivity contribution >= 4 is 5.91 Å². The minimum absolute atomic E-state index is 0.0577. The van der Waals surface area contributed by atoms with Crippen molar-refractivity contribution < 1.29 is 15.0 Å². The molecule has 0 aromatic carbocycles. The maximum absolute atomic E-state index is 12.5. The number of hydrogen-bond acceptors (Lipinski definition) is 3. The molecule has 0 radical (unpaired) electrons. The maximum atomic E-state index is 12.5. The molecule has 0 fully saturated rings. The molecule has 4 nitrogen and oxygen atoms in total. The predicted molar refractivity (Wildman–Crippen MR) is 299 cm³/mol. The largest absolute Gasteiger partial charge is 0.394 e. The van der Waals surface area contributed by atoms with E-state index in [1.54, 1.807) is 6.08 Å². The molecule has 1 amide bonds. The van der Waals surface area contributed by atoms with Gasteiger partial charge in [0.1, 0.15) is 0 Å². The molecule has 3 N–H and O–H groups in total. The Labute approximate surface area is 421 Å². The van der Waals surface area contributed by atoms with E-state index < -0.39 is 12.1 Å². The Morgan fingerprint density at radius 1 is 0.343 bits per heavy atom. The first-order valence-corrected chi connectivity index (χ1v) is 31.1. The Bertz CT molecular complexity index is 978. The van der Waals surface area contributed by atoms with Crippen molar-refractivity contribution in [3.8, 4) is 0 Å². The van der Waals surface area contributed by atoms with Gasteiger partial charge in [0, 0.05) is 6.42 Å². The fourth-order valence-corrected chi connectivity index (χ4v) is 9.94. The molecule has 4 heteroatoms. The second kappa shape index (κ2) is 59.2. The second-order valence-corrected chi connectivity index (χ2v) is 21.5. The highest BCUT2D eigenvalue weighted by Crippen LogP contribution is 2.18. The van der Waals surface area contributed by atoms with E-state index in [0.717, 1.165) is 25.7 Å². The maximum Gasteiger partial charge on any atom is 0.220 e. The van der Waals surface area contributed by atoms with Gasteiger partial charge in [0.2, 0.25) is 5.91 Å². The number of nitrogens with one attached hydrogen (secondary N) is 1. The molecule has 0 saturated carbocycles. The van der Waals surface area contributed by atoms with Crippen molar-refractivity contribution in [1.82, 2.24) is 5.32 Å². The molecule has 0 spiro atoms. The van der Waals surface area contributed by atoms with Crippen LogP contribution in [0, 0.1) is 0 Å². The summed E-state index contributed by atoms with van der Waals surface area (Å²) in [4.78, 5) is 12.5. The van der Waals surface area contributed by atoms with Crippen LogP contribution < -0.4 is 5.32 Å². The van der Waals surface area contributed by atoms with Crippen LogP contribution in [0.5, 0.6) is 0 Å². The first kappa shape index (κ1) is 65.9. The number of carbonyl (C=O) groups is 1. The molecule has 0 bridgehead atoms. The van der Waals surface area contributed by atoms with E-state index in [4.69, 9.17) is 0 Å². The average Bonchev–Trinajstić information content (AvgIpc) is 3.33.